The van der Waals surface area contributed by atoms with Gasteiger partial charge in [0.15, 0.2) is 0 Å². The molecule has 0 bridgehead atoms. The summed E-state index contributed by atoms with van der Waals surface area (Å²) >= 11 is 0. The summed E-state index contributed by atoms with van der Waals surface area (Å²) in [4.78, 5) is 0. The zero-order chi connectivity index (χ0) is 12.0. The first kappa shape index (κ1) is 12.8. The Hall–Kier alpha value is -1.23. The van der Waals surface area contributed by atoms with Gasteiger partial charge in [-0.25, -0.2) is 0 Å². The zero-order valence-corrected chi connectivity index (χ0v) is 8.76. The monoisotopic (exact) mass is 233 g/mol. The Morgan fingerprint density at radius 1 is 1.12 bits per heavy atom. The van der Waals surface area contributed by atoms with Crippen LogP contribution in [0.15, 0.2) is 24.3 Å². The molecular formula is C11H14F3NO. The summed E-state index contributed by atoms with van der Waals surface area (Å²) in [6.07, 6.45) is -2.97. The molecule has 0 atom stereocenters. The minimum Gasteiger partial charge on any atom is -0.399 e. The van der Waals surface area contributed by atoms with Gasteiger partial charge in [0.05, 0.1) is 0 Å². The van der Waals surface area contributed by atoms with E-state index in [1.165, 1.54) is 0 Å². The normalized spacial score (nSPS) is 11.7. The number of hydrogen-bond donors (Lipinski definition) is 1. The maximum absolute atomic E-state index is 11.7. The van der Waals surface area contributed by atoms with Gasteiger partial charge in [0, 0.05) is 12.3 Å². The molecular weight excluding hydrogens is 219 g/mol. The summed E-state index contributed by atoms with van der Waals surface area (Å²) in [5, 5.41) is 0. The standard InChI is InChI=1S/C11H14F3NO/c12-11(13,14)8-16-7-1-2-9-3-5-10(15)6-4-9/h3-6H,1-2,7-8,15H2. The number of halogens is 3. The van der Waals surface area contributed by atoms with Gasteiger partial charge in [-0.15, -0.1) is 0 Å². The van der Waals surface area contributed by atoms with E-state index in [1.807, 2.05) is 12.1 Å². The highest BCUT2D eigenvalue weighted by Crippen LogP contribution is 2.14. The minimum atomic E-state index is -4.23. The molecule has 1 rings (SSSR count). The van der Waals surface area contributed by atoms with Gasteiger partial charge in [0.2, 0.25) is 0 Å². The van der Waals surface area contributed by atoms with Gasteiger partial charge in [-0.2, -0.15) is 13.2 Å². The lowest BCUT2D eigenvalue weighted by Gasteiger charge is -2.07. The molecule has 16 heavy (non-hydrogen) atoms. The third-order valence-electron chi connectivity index (χ3n) is 2.00. The van der Waals surface area contributed by atoms with Crippen molar-refractivity contribution in [3.63, 3.8) is 0 Å². The zero-order valence-electron chi connectivity index (χ0n) is 8.76. The molecule has 0 unspecified atom stereocenters. The van der Waals surface area contributed by atoms with Crippen LogP contribution in [0.3, 0.4) is 0 Å². The van der Waals surface area contributed by atoms with Crippen LogP contribution in [0.2, 0.25) is 0 Å². The second kappa shape index (κ2) is 5.75. The molecule has 90 valence electrons. The fraction of sp³-hybridized carbons (Fsp3) is 0.455. The number of benzene rings is 1. The van der Waals surface area contributed by atoms with E-state index in [1.54, 1.807) is 12.1 Å². The van der Waals surface area contributed by atoms with Crippen molar-refractivity contribution < 1.29 is 17.9 Å². The molecule has 0 aliphatic rings. The van der Waals surface area contributed by atoms with Crippen LogP contribution in [0, 0.1) is 0 Å². The van der Waals surface area contributed by atoms with Gasteiger partial charge < -0.3 is 10.5 Å². The molecule has 0 aromatic heterocycles. The van der Waals surface area contributed by atoms with Crippen molar-refractivity contribution in [2.45, 2.75) is 19.0 Å². The number of ether oxygens (including phenoxy) is 1. The Kier molecular flexibility index (Phi) is 4.61. The van der Waals surface area contributed by atoms with Crippen LogP contribution in [0.4, 0.5) is 18.9 Å². The lowest BCUT2D eigenvalue weighted by molar-refractivity contribution is -0.174. The van der Waals surface area contributed by atoms with E-state index < -0.39 is 12.8 Å². The molecule has 0 fully saturated rings. The Bertz CT molecular complexity index is 308. The fourth-order valence-corrected chi connectivity index (χ4v) is 1.25. The van der Waals surface area contributed by atoms with Crippen LogP contribution in [0.1, 0.15) is 12.0 Å². The molecule has 0 heterocycles. The average molecular weight is 233 g/mol. The molecule has 0 radical (unpaired) electrons. The summed E-state index contributed by atoms with van der Waals surface area (Å²) < 4.78 is 39.6. The van der Waals surface area contributed by atoms with Crippen molar-refractivity contribution >= 4 is 5.69 Å². The first-order chi connectivity index (χ1) is 7.47. The van der Waals surface area contributed by atoms with Crippen molar-refractivity contribution in [1.82, 2.24) is 0 Å². The molecule has 5 heteroatoms. The third-order valence-corrected chi connectivity index (χ3v) is 2.00. The van der Waals surface area contributed by atoms with Crippen molar-refractivity contribution in [2.75, 3.05) is 18.9 Å². The van der Waals surface area contributed by atoms with Crippen molar-refractivity contribution in [3.8, 4) is 0 Å². The topological polar surface area (TPSA) is 35.2 Å². The van der Waals surface area contributed by atoms with E-state index in [0.717, 1.165) is 5.56 Å². The Morgan fingerprint density at radius 3 is 2.31 bits per heavy atom. The van der Waals surface area contributed by atoms with Gasteiger partial charge in [0.1, 0.15) is 6.61 Å². The van der Waals surface area contributed by atoms with Crippen molar-refractivity contribution in [2.24, 2.45) is 0 Å². The Morgan fingerprint density at radius 2 is 1.75 bits per heavy atom. The van der Waals surface area contributed by atoms with E-state index in [9.17, 15) is 13.2 Å². The second-order valence-electron chi connectivity index (χ2n) is 3.51. The van der Waals surface area contributed by atoms with Crippen LogP contribution in [-0.2, 0) is 11.2 Å². The molecule has 0 aliphatic carbocycles. The summed E-state index contributed by atoms with van der Waals surface area (Å²) in [5.41, 5.74) is 7.23. The van der Waals surface area contributed by atoms with Gasteiger partial charge in [-0.05, 0) is 30.5 Å². The van der Waals surface area contributed by atoms with Crippen molar-refractivity contribution in [1.29, 1.82) is 0 Å². The summed E-state index contributed by atoms with van der Waals surface area (Å²) in [7, 11) is 0. The molecule has 0 amide bonds. The van der Waals surface area contributed by atoms with Crippen LogP contribution < -0.4 is 5.73 Å². The smallest absolute Gasteiger partial charge is 0.399 e. The van der Waals surface area contributed by atoms with Crippen LogP contribution >= 0.6 is 0 Å². The minimum absolute atomic E-state index is 0.115. The van der Waals surface area contributed by atoms with E-state index in [2.05, 4.69) is 4.74 Å². The predicted molar refractivity (Wildman–Crippen MR) is 56.0 cm³/mol. The predicted octanol–water partition coefficient (Wildman–Crippen LogP) is 2.78. The SMILES string of the molecule is Nc1ccc(CCCOCC(F)(F)F)cc1. The number of hydrogen-bond acceptors (Lipinski definition) is 2. The average Bonchev–Trinajstić information content (AvgIpc) is 2.19. The number of nitrogen functional groups attached to an aromatic ring is 1. The van der Waals surface area contributed by atoms with Crippen LogP contribution in [-0.4, -0.2) is 19.4 Å². The highest BCUT2D eigenvalue weighted by atomic mass is 19.4. The summed E-state index contributed by atoms with van der Waals surface area (Å²) in [5.74, 6) is 0. The van der Waals surface area contributed by atoms with E-state index in [0.29, 0.717) is 18.5 Å². The summed E-state index contributed by atoms with van der Waals surface area (Å²) in [6, 6.07) is 7.26. The molecule has 0 saturated carbocycles. The fourth-order valence-electron chi connectivity index (χ4n) is 1.25. The lowest BCUT2D eigenvalue weighted by atomic mass is 10.1. The van der Waals surface area contributed by atoms with Gasteiger partial charge in [-0.3, -0.25) is 0 Å². The van der Waals surface area contributed by atoms with E-state index >= 15 is 0 Å². The van der Waals surface area contributed by atoms with Gasteiger partial charge in [-0.1, -0.05) is 12.1 Å². The number of nitrogens with two attached hydrogens (primary N) is 1. The van der Waals surface area contributed by atoms with E-state index in [-0.39, 0.29) is 6.61 Å². The Balaban J connectivity index is 2.14. The quantitative estimate of drug-likeness (QED) is 0.627. The van der Waals surface area contributed by atoms with Crippen LogP contribution in [0.25, 0.3) is 0 Å². The number of aryl methyl sites for hydroxylation is 1. The lowest BCUT2D eigenvalue weighted by Crippen LogP contribution is -2.17. The molecule has 0 aliphatic heterocycles. The van der Waals surface area contributed by atoms with Crippen molar-refractivity contribution in [3.05, 3.63) is 29.8 Å². The van der Waals surface area contributed by atoms with Gasteiger partial charge >= 0.3 is 6.18 Å². The maximum Gasteiger partial charge on any atom is 0.411 e. The Labute approximate surface area is 92.2 Å². The van der Waals surface area contributed by atoms with Crippen LogP contribution in [0.5, 0.6) is 0 Å². The highest BCUT2D eigenvalue weighted by Gasteiger charge is 2.27. The second-order valence-corrected chi connectivity index (χ2v) is 3.51. The first-order valence-corrected chi connectivity index (χ1v) is 4.96. The molecule has 2 nitrogen and oxygen atoms in total. The first-order valence-electron chi connectivity index (χ1n) is 4.96. The van der Waals surface area contributed by atoms with E-state index in [4.69, 9.17) is 5.73 Å². The molecule has 1 aromatic rings. The third kappa shape index (κ3) is 5.60. The molecule has 2 N–H and O–H groups in total. The largest absolute Gasteiger partial charge is 0.411 e. The number of rotatable bonds is 5. The maximum atomic E-state index is 11.7. The van der Waals surface area contributed by atoms with Gasteiger partial charge in [0.25, 0.3) is 0 Å². The molecule has 0 saturated heterocycles. The molecule has 1 aromatic carbocycles. The highest BCUT2D eigenvalue weighted by molar-refractivity contribution is 5.39. The number of anilines is 1. The molecule has 0 spiro atoms. The summed E-state index contributed by atoms with van der Waals surface area (Å²) in [6.45, 7) is -1.06. The number of alkyl halides is 3.